The monoisotopic (exact) mass is 302 g/mol. The summed E-state index contributed by atoms with van der Waals surface area (Å²) in [4.78, 5) is 7.50. The van der Waals surface area contributed by atoms with Gasteiger partial charge in [-0.05, 0) is 18.2 Å². The van der Waals surface area contributed by atoms with Gasteiger partial charge in [-0.2, -0.15) is 0 Å². The maximum atomic E-state index is 13.4. The molecule has 3 nitrogen and oxygen atoms in total. The fourth-order valence-corrected chi connectivity index (χ4v) is 1.52. The van der Waals surface area contributed by atoms with Crippen molar-refractivity contribution in [1.82, 2.24) is 9.97 Å². The number of rotatable bonds is 2. The predicted molar refractivity (Wildman–Crippen MR) is 61.2 cm³/mol. The number of ether oxygens (including phenoxy) is 1. The predicted octanol–water partition coefficient (Wildman–Crippen LogP) is 3.82. The van der Waals surface area contributed by atoms with E-state index in [2.05, 4.69) is 25.9 Å². The van der Waals surface area contributed by atoms with Gasteiger partial charge in [-0.1, -0.05) is 27.5 Å². The van der Waals surface area contributed by atoms with Crippen molar-refractivity contribution in [1.29, 1.82) is 0 Å². The molecule has 0 amide bonds. The highest BCUT2D eigenvalue weighted by atomic mass is 79.9. The second-order valence-electron chi connectivity index (χ2n) is 2.85. The van der Waals surface area contributed by atoms with Crippen LogP contribution < -0.4 is 4.74 Å². The van der Waals surface area contributed by atoms with Gasteiger partial charge in [0.1, 0.15) is 11.3 Å². The fourth-order valence-electron chi connectivity index (χ4n) is 1.04. The van der Waals surface area contributed by atoms with Gasteiger partial charge in [0.05, 0.1) is 6.20 Å². The fraction of sp³-hybridized carbons (Fsp3) is 0. The Bertz CT molecular complexity index is 524. The van der Waals surface area contributed by atoms with Crippen molar-refractivity contribution in [2.24, 2.45) is 0 Å². The van der Waals surface area contributed by atoms with Crippen molar-refractivity contribution < 1.29 is 9.13 Å². The van der Waals surface area contributed by atoms with Crippen LogP contribution in [0.4, 0.5) is 4.39 Å². The lowest BCUT2D eigenvalue weighted by atomic mass is 10.3. The summed E-state index contributed by atoms with van der Waals surface area (Å²) in [6.45, 7) is 0. The zero-order valence-electron chi connectivity index (χ0n) is 7.82. The third-order valence-electron chi connectivity index (χ3n) is 1.73. The lowest BCUT2D eigenvalue weighted by molar-refractivity contribution is 0.426. The smallest absolute Gasteiger partial charge is 0.241 e. The Kier molecular flexibility index (Phi) is 3.36. The zero-order valence-corrected chi connectivity index (χ0v) is 10.2. The van der Waals surface area contributed by atoms with Crippen LogP contribution in [0.5, 0.6) is 11.6 Å². The molecule has 0 aliphatic carbocycles. The molecule has 0 saturated heterocycles. The molecule has 0 aliphatic heterocycles. The number of benzene rings is 1. The van der Waals surface area contributed by atoms with Crippen molar-refractivity contribution in [2.75, 3.05) is 0 Å². The first-order chi connectivity index (χ1) is 7.66. The number of hydrogen-bond donors (Lipinski definition) is 0. The summed E-state index contributed by atoms with van der Waals surface area (Å²) in [5, 5.41) is 0.224. The van der Waals surface area contributed by atoms with E-state index in [0.29, 0.717) is 4.47 Å². The van der Waals surface area contributed by atoms with Gasteiger partial charge in [-0.15, -0.1) is 0 Å². The molecule has 16 heavy (non-hydrogen) atoms. The molecule has 0 unspecified atom stereocenters. The van der Waals surface area contributed by atoms with E-state index in [1.807, 2.05) is 0 Å². The number of hydrogen-bond acceptors (Lipinski definition) is 3. The lowest BCUT2D eigenvalue weighted by Crippen LogP contribution is -1.92. The van der Waals surface area contributed by atoms with E-state index in [-0.39, 0.29) is 16.7 Å². The van der Waals surface area contributed by atoms with Crippen LogP contribution in [0.25, 0.3) is 0 Å². The van der Waals surface area contributed by atoms with E-state index >= 15 is 0 Å². The van der Waals surface area contributed by atoms with Crippen molar-refractivity contribution in [3.63, 3.8) is 0 Å². The Hall–Kier alpha value is -1.20. The minimum Gasteiger partial charge on any atom is -0.434 e. The van der Waals surface area contributed by atoms with Crippen LogP contribution in [-0.4, -0.2) is 9.97 Å². The van der Waals surface area contributed by atoms with Gasteiger partial charge >= 0.3 is 0 Å². The molecule has 0 bridgehead atoms. The molecule has 0 radical (unpaired) electrons. The van der Waals surface area contributed by atoms with Gasteiger partial charge in [-0.25, -0.2) is 14.4 Å². The molecule has 2 aromatic rings. The summed E-state index contributed by atoms with van der Waals surface area (Å²) < 4.78 is 19.3. The molecule has 0 spiro atoms. The van der Waals surface area contributed by atoms with Crippen LogP contribution in [-0.2, 0) is 0 Å². The molecule has 0 aliphatic rings. The molecular weight excluding hydrogens is 298 g/mol. The van der Waals surface area contributed by atoms with E-state index in [0.717, 1.165) is 0 Å². The normalized spacial score (nSPS) is 10.2. The van der Waals surface area contributed by atoms with Crippen LogP contribution >= 0.6 is 27.5 Å². The van der Waals surface area contributed by atoms with Gasteiger partial charge in [-0.3, -0.25) is 0 Å². The lowest BCUT2D eigenvalue weighted by Gasteiger charge is -2.06. The molecule has 0 saturated carbocycles. The van der Waals surface area contributed by atoms with Gasteiger partial charge in [0.25, 0.3) is 0 Å². The standard InChI is InChI=1S/C10H5BrClFN2O/c11-6-1-2-8(13)9(3-6)16-10-7(12)4-14-5-15-10/h1-5H. The minimum atomic E-state index is -0.488. The molecule has 82 valence electrons. The van der Waals surface area contributed by atoms with E-state index in [9.17, 15) is 4.39 Å². The minimum absolute atomic E-state index is 0.0509. The van der Waals surface area contributed by atoms with Gasteiger partial charge < -0.3 is 4.74 Å². The highest BCUT2D eigenvalue weighted by Gasteiger charge is 2.09. The molecule has 1 aromatic heterocycles. The largest absolute Gasteiger partial charge is 0.434 e. The van der Waals surface area contributed by atoms with Crippen molar-refractivity contribution in [3.8, 4) is 11.6 Å². The van der Waals surface area contributed by atoms with Crippen LogP contribution in [0.1, 0.15) is 0 Å². The Morgan fingerprint density at radius 1 is 1.38 bits per heavy atom. The van der Waals surface area contributed by atoms with Crippen molar-refractivity contribution in [2.45, 2.75) is 0 Å². The quantitative estimate of drug-likeness (QED) is 0.846. The first-order valence-corrected chi connectivity index (χ1v) is 5.42. The Labute approximate surface area is 104 Å². The number of aromatic nitrogens is 2. The van der Waals surface area contributed by atoms with E-state index < -0.39 is 5.82 Å². The summed E-state index contributed by atoms with van der Waals surface area (Å²) in [7, 11) is 0. The topological polar surface area (TPSA) is 35.0 Å². The van der Waals surface area contributed by atoms with Crippen LogP contribution in [0.3, 0.4) is 0 Å². The molecule has 0 fully saturated rings. The number of nitrogens with zero attached hydrogens (tertiary/aromatic N) is 2. The Morgan fingerprint density at radius 2 is 2.19 bits per heavy atom. The third-order valence-corrected chi connectivity index (χ3v) is 2.49. The summed E-state index contributed by atoms with van der Waals surface area (Å²) in [6.07, 6.45) is 2.65. The summed E-state index contributed by atoms with van der Waals surface area (Å²) >= 11 is 9.00. The Balaban J connectivity index is 2.34. The molecule has 0 N–H and O–H groups in total. The molecular formula is C10H5BrClFN2O. The van der Waals surface area contributed by atoms with Crippen LogP contribution in [0.15, 0.2) is 35.2 Å². The SMILES string of the molecule is Fc1ccc(Br)cc1Oc1ncncc1Cl. The summed E-state index contributed by atoms with van der Waals surface area (Å²) in [5.74, 6) is -0.318. The first kappa shape index (κ1) is 11.3. The van der Waals surface area contributed by atoms with Crippen molar-refractivity contribution >= 4 is 27.5 Å². The summed E-state index contributed by atoms with van der Waals surface area (Å²) in [6, 6.07) is 4.35. The molecule has 2 rings (SSSR count). The van der Waals surface area contributed by atoms with Gasteiger partial charge in [0.2, 0.25) is 5.88 Å². The Morgan fingerprint density at radius 3 is 2.94 bits per heavy atom. The maximum Gasteiger partial charge on any atom is 0.241 e. The van der Waals surface area contributed by atoms with Gasteiger partial charge in [0.15, 0.2) is 11.6 Å². The van der Waals surface area contributed by atoms with E-state index in [1.54, 1.807) is 6.07 Å². The van der Waals surface area contributed by atoms with E-state index in [1.165, 1.54) is 24.7 Å². The average molecular weight is 304 g/mol. The zero-order chi connectivity index (χ0) is 11.5. The third kappa shape index (κ3) is 2.48. The molecule has 1 heterocycles. The van der Waals surface area contributed by atoms with E-state index in [4.69, 9.17) is 16.3 Å². The highest BCUT2D eigenvalue weighted by molar-refractivity contribution is 9.10. The first-order valence-electron chi connectivity index (χ1n) is 4.25. The average Bonchev–Trinajstić information content (AvgIpc) is 2.27. The van der Waals surface area contributed by atoms with Gasteiger partial charge in [0, 0.05) is 4.47 Å². The second kappa shape index (κ2) is 4.76. The molecule has 0 atom stereocenters. The maximum absolute atomic E-state index is 13.4. The van der Waals surface area contributed by atoms with Crippen LogP contribution in [0, 0.1) is 5.82 Å². The molecule has 1 aromatic carbocycles. The summed E-state index contributed by atoms with van der Waals surface area (Å²) in [5.41, 5.74) is 0. The van der Waals surface area contributed by atoms with Crippen molar-refractivity contribution in [3.05, 3.63) is 46.0 Å². The van der Waals surface area contributed by atoms with Crippen LogP contribution in [0.2, 0.25) is 5.02 Å². The number of halogens is 3. The highest BCUT2D eigenvalue weighted by Crippen LogP contribution is 2.29. The second-order valence-corrected chi connectivity index (χ2v) is 4.18. The molecule has 6 heteroatoms.